The fourth-order valence-corrected chi connectivity index (χ4v) is 3.54. The Labute approximate surface area is 133 Å². The highest BCUT2D eigenvalue weighted by Crippen LogP contribution is 2.44. The van der Waals surface area contributed by atoms with Crippen molar-refractivity contribution >= 4 is 11.9 Å². The van der Waals surface area contributed by atoms with Crippen LogP contribution >= 0.6 is 0 Å². The third-order valence-corrected chi connectivity index (χ3v) is 4.73. The van der Waals surface area contributed by atoms with Gasteiger partial charge in [0, 0.05) is 33.3 Å². The first kappa shape index (κ1) is 17.1. The van der Waals surface area contributed by atoms with Gasteiger partial charge in [-0.15, -0.1) is 0 Å². The SMILES string of the molecule is COCC(C)NC(=NCC(=O)N(C)C)NC1CC2CCC1C2. The van der Waals surface area contributed by atoms with Crippen LogP contribution in [0.4, 0.5) is 0 Å². The molecule has 4 unspecified atom stereocenters. The Kier molecular flexibility index (Phi) is 6.06. The number of rotatable bonds is 6. The lowest BCUT2D eigenvalue weighted by Gasteiger charge is -2.26. The van der Waals surface area contributed by atoms with Crippen molar-refractivity contribution in [2.45, 2.75) is 44.7 Å². The number of amides is 1. The highest BCUT2D eigenvalue weighted by Gasteiger charge is 2.39. The minimum atomic E-state index is 0.00781. The van der Waals surface area contributed by atoms with Crippen molar-refractivity contribution in [3.63, 3.8) is 0 Å². The van der Waals surface area contributed by atoms with Gasteiger partial charge in [0.1, 0.15) is 6.54 Å². The van der Waals surface area contributed by atoms with Gasteiger partial charge < -0.3 is 20.3 Å². The van der Waals surface area contributed by atoms with Crippen molar-refractivity contribution in [3.05, 3.63) is 0 Å². The summed E-state index contributed by atoms with van der Waals surface area (Å²) in [5, 5.41) is 6.89. The van der Waals surface area contributed by atoms with Gasteiger partial charge in [0.15, 0.2) is 5.96 Å². The molecule has 0 aliphatic heterocycles. The molecule has 0 aromatic carbocycles. The highest BCUT2D eigenvalue weighted by molar-refractivity contribution is 5.85. The molecule has 2 fully saturated rings. The summed E-state index contributed by atoms with van der Waals surface area (Å²) in [6.45, 7) is 2.83. The molecule has 0 heterocycles. The highest BCUT2D eigenvalue weighted by atomic mass is 16.5. The Morgan fingerprint density at radius 2 is 2.14 bits per heavy atom. The van der Waals surface area contributed by atoms with Gasteiger partial charge in [0.05, 0.1) is 6.61 Å². The topological polar surface area (TPSA) is 66.0 Å². The quantitative estimate of drug-likeness (QED) is 0.563. The predicted octanol–water partition coefficient (Wildman–Crippen LogP) is 0.833. The van der Waals surface area contributed by atoms with E-state index in [-0.39, 0.29) is 18.5 Å². The maximum Gasteiger partial charge on any atom is 0.243 e. The molecule has 2 rings (SSSR count). The summed E-state index contributed by atoms with van der Waals surface area (Å²) in [5.74, 6) is 2.38. The number of methoxy groups -OCH3 is 1. The number of hydrogen-bond donors (Lipinski definition) is 2. The van der Waals surface area contributed by atoms with Crippen LogP contribution in [0.3, 0.4) is 0 Å². The number of likely N-dealkylation sites (N-methyl/N-ethyl adjacent to an activating group) is 1. The van der Waals surface area contributed by atoms with Crippen LogP contribution in [0.1, 0.15) is 32.6 Å². The number of nitrogens with one attached hydrogen (secondary N) is 2. The van der Waals surface area contributed by atoms with E-state index in [4.69, 9.17) is 4.74 Å². The number of carbonyl (C=O) groups is 1. The van der Waals surface area contributed by atoms with Gasteiger partial charge in [0.2, 0.25) is 5.91 Å². The first-order valence-corrected chi connectivity index (χ1v) is 8.26. The van der Waals surface area contributed by atoms with Gasteiger partial charge in [-0.05, 0) is 38.0 Å². The minimum Gasteiger partial charge on any atom is -0.383 e. The number of nitrogens with zero attached hydrogens (tertiary/aromatic N) is 2. The van der Waals surface area contributed by atoms with Crippen LogP contribution in [0, 0.1) is 11.8 Å². The second kappa shape index (κ2) is 7.81. The molecule has 6 heteroatoms. The first-order chi connectivity index (χ1) is 10.5. The van der Waals surface area contributed by atoms with Crippen LogP contribution in [-0.4, -0.2) is 63.2 Å². The molecule has 0 spiro atoms. The van der Waals surface area contributed by atoms with Crippen LogP contribution in [-0.2, 0) is 9.53 Å². The molecule has 2 bridgehead atoms. The van der Waals surface area contributed by atoms with Crippen LogP contribution < -0.4 is 10.6 Å². The largest absolute Gasteiger partial charge is 0.383 e. The number of ether oxygens (including phenoxy) is 1. The van der Waals surface area contributed by atoms with Crippen molar-refractivity contribution in [2.75, 3.05) is 34.4 Å². The number of fused-ring (bicyclic) bond motifs is 2. The van der Waals surface area contributed by atoms with Crippen LogP contribution in [0.5, 0.6) is 0 Å². The average molecular weight is 310 g/mol. The molecule has 0 aromatic heterocycles. The van der Waals surface area contributed by atoms with E-state index in [1.807, 2.05) is 0 Å². The fourth-order valence-electron chi connectivity index (χ4n) is 3.54. The van der Waals surface area contributed by atoms with Gasteiger partial charge in [-0.25, -0.2) is 4.99 Å². The van der Waals surface area contributed by atoms with Gasteiger partial charge in [-0.2, -0.15) is 0 Å². The van der Waals surface area contributed by atoms with Gasteiger partial charge in [-0.1, -0.05) is 6.42 Å². The molecular weight excluding hydrogens is 280 g/mol. The third-order valence-electron chi connectivity index (χ3n) is 4.73. The Morgan fingerprint density at radius 1 is 1.36 bits per heavy atom. The van der Waals surface area contributed by atoms with E-state index < -0.39 is 0 Å². The summed E-state index contributed by atoms with van der Waals surface area (Å²) < 4.78 is 5.17. The molecule has 4 atom stereocenters. The molecule has 6 nitrogen and oxygen atoms in total. The fraction of sp³-hybridized carbons (Fsp3) is 0.875. The Hall–Kier alpha value is -1.30. The summed E-state index contributed by atoms with van der Waals surface area (Å²) in [7, 11) is 5.19. The van der Waals surface area contributed by atoms with E-state index in [1.54, 1.807) is 26.1 Å². The van der Waals surface area contributed by atoms with Gasteiger partial charge in [-0.3, -0.25) is 4.79 Å². The minimum absolute atomic E-state index is 0.00781. The Morgan fingerprint density at radius 3 is 2.68 bits per heavy atom. The van der Waals surface area contributed by atoms with Crippen molar-refractivity contribution in [1.29, 1.82) is 0 Å². The van der Waals surface area contributed by atoms with Gasteiger partial charge in [0.25, 0.3) is 0 Å². The summed E-state index contributed by atoms with van der Waals surface area (Å²) in [6, 6.07) is 0.651. The second-order valence-corrected chi connectivity index (χ2v) is 6.88. The van der Waals surface area contributed by atoms with Crippen molar-refractivity contribution in [2.24, 2.45) is 16.8 Å². The Balaban J connectivity index is 1.94. The average Bonchev–Trinajstić information content (AvgIpc) is 3.06. The maximum atomic E-state index is 11.8. The van der Waals surface area contributed by atoms with E-state index in [0.29, 0.717) is 12.6 Å². The number of hydrogen-bond acceptors (Lipinski definition) is 3. The van der Waals surface area contributed by atoms with Gasteiger partial charge >= 0.3 is 0 Å². The Bertz CT molecular complexity index is 411. The molecule has 0 saturated heterocycles. The maximum absolute atomic E-state index is 11.8. The van der Waals surface area contributed by atoms with E-state index in [1.165, 1.54) is 25.7 Å². The van der Waals surface area contributed by atoms with Crippen LogP contribution in [0.25, 0.3) is 0 Å². The summed E-state index contributed by atoms with van der Waals surface area (Å²) in [6.07, 6.45) is 5.27. The smallest absolute Gasteiger partial charge is 0.243 e. The number of aliphatic imine (C=N–C) groups is 1. The molecule has 1 amide bonds. The molecule has 2 N–H and O–H groups in total. The summed E-state index contributed by atoms with van der Waals surface area (Å²) in [4.78, 5) is 17.8. The van der Waals surface area contributed by atoms with Crippen LogP contribution in [0.15, 0.2) is 4.99 Å². The van der Waals surface area contributed by atoms with E-state index in [2.05, 4.69) is 22.5 Å². The number of guanidine groups is 1. The molecule has 2 saturated carbocycles. The van der Waals surface area contributed by atoms with E-state index in [0.717, 1.165) is 17.8 Å². The third kappa shape index (κ3) is 4.60. The molecule has 0 aromatic rings. The number of carbonyl (C=O) groups excluding carboxylic acids is 1. The van der Waals surface area contributed by atoms with E-state index >= 15 is 0 Å². The zero-order chi connectivity index (χ0) is 16.1. The van der Waals surface area contributed by atoms with Crippen molar-refractivity contribution in [3.8, 4) is 0 Å². The molecular formula is C16H30N4O2. The molecule has 22 heavy (non-hydrogen) atoms. The summed E-state index contributed by atoms with van der Waals surface area (Å²) >= 11 is 0. The first-order valence-electron chi connectivity index (χ1n) is 8.26. The summed E-state index contributed by atoms with van der Waals surface area (Å²) in [5.41, 5.74) is 0. The molecule has 2 aliphatic carbocycles. The molecule has 126 valence electrons. The lowest BCUT2D eigenvalue weighted by atomic mass is 9.95. The second-order valence-electron chi connectivity index (χ2n) is 6.88. The molecule has 2 aliphatic rings. The lowest BCUT2D eigenvalue weighted by Crippen LogP contribution is -2.49. The predicted molar refractivity (Wildman–Crippen MR) is 87.8 cm³/mol. The standard InChI is InChI=1S/C16H30N4O2/c1-11(10-22-4)18-16(17-9-15(21)20(2)3)19-14-8-12-5-6-13(14)7-12/h11-14H,5-10H2,1-4H3,(H2,17,18,19). The normalized spacial score (nSPS) is 28.5. The zero-order valence-electron chi connectivity index (χ0n) is 14.3. The van der Waals surface area contributed by atoms with E-state index in [9.17, 15) is 4.79 Å². The zero-order valence-corrected chi connectivity index (χ0v) is 14.3. The monoisotopic (exact) mass is 310 g/mol. The molecule has 0 radical (unpaired) electrons. The van der Waals surface area contributed by atoms with Crippen LogP contribution in [0.2, 0.25) is 0 Å². The van der Waals surface area contributed by atoms with Crippen molar-refractivity contribution < 1.29 is 9.53 Å². The van der Waals surface area contributed by atoms with Crippen molar-refractivity contribution in [1.82, 2.24) is 15.5 Å². The lowest BCUT2D eigenvalue weighted by molar-refractivity contribution is -0.127.